The van der Waals surface area contributed by atoms with Crippen LogP contribution in [0.1, 0.15) is 23.2 Å². The van der Waals surface area contributed by atoms with Crippen LogP contribution in [-0.4, -0.2) is 31.7 Å². The molecule has 2 rings (SSSR count). The van der Waals surface area contributed by atoms with E-state index >= 15 is 0 Å². The number of terminal acetylenes is 1. The summed E-state index contributed by atoms with van der Waals surface area (Å²) in [7, 11) is 1.23. The van der Waals surface area contributed by atoms with Gasteiger partial charge in [0.05, 0.1) is 7.11 Å². The molecule has 144 valence electrons. The fourth-order valence-corrected chi connectivity index (χ4v) is 2.48. The largest absolute Gasteiger partial charge is 0.467 e. The van der Waals surface area contributed by atoms with Gasteiger partial charge in [-0.3, -0.25) is 4.79 Å². The lowest BCUT2D eigenvalue weighted by Crippen LogP contribution is -2.44. The first-order chi connectivity index (χ1) is 13.6. The number of alkyl carbamates (subject to hydrolysis) is 1. The summed E-state index contributed by atoms with van der Waals surface area (Å²) < 4.78 is 9.59. The number of rotatable bonds is 7. The second-order valence-electron chi connectivity index (χ2n) is 5.64. The highest BCUT2D eigenvalue weighted by Crippen LogP contribution is 2.18. The second kappa shape index (κ2) is 10.4. The smallest absolute Gasteiger partial charge is 0.409 e. The number of methoxy groups -OCH3 is 1. The van der Waals surface area contributed by atoms with E-state index in [1.807, 2.05) is 0 Å². The summed E-state index contributed by atoms with van der Waals surface area (Å²) >= 11 is 0. The Labute approximate surface area is 163 Å². The Balaban J connectivity index is 2.26. The van der Waals surface area contributed by atoms with Crippen LogP contribution in [0.2, 0.25) is 0 Å². The molecule has 2 aromatic carbocycles. The highest BCUT2D eigenvalue weighted by atomic mass is 16.5. The van der Waals surface area contributed by atoms with Crippen LogP contribution >= 0.6 is 0 Å². The monoisotopic (exact) mass is 380 g/mol. The van der Waals surface area contributed by atoms with Gasteiger partial charge in [0.2, 0.25) is 5.91 Å². The van der Waals surface area contributed by atoms with E-state index in [4.69, 9.17) is 15.9 Å². The zero-order valence-electron chi connectivity index (χ0n) is 15.3. The van der Waals surface area contributed by atoms with Crippen molar-refractivity contribution in [2.24, 2.45) is 0 Å². The third kappa shape index (κ3) is 5.61. The third-order valence-electron chi connectivity index (χ3n) is 3.80. The number of nitrogens with one attached hydrogen (secondary N) is 2. The molecule has 2 aromatic rings. The van der Waals surface area contributed by atoms with Crippen LogP contribution in [0, 0.1) is 12.3 Å². The minimum atomic E-state index is -1.10. The minimum Gasteiger partial charge on any atom is -0.467 e. The maximum atomic E-state index is 12.9. The third-order valence-corrected chi connectivity index (χ3v) is 3.80. The van der Waals surface area contributed by atoms with E-state index < -0.39 is 30.1 Å². The number of esters is 1. The predicted molar refractivity (Wildman–Crippen MR) is 102 cm³/mol. The number of hydrogen-bond acceptors (Lipinski definition) is 5. The first kappa shape index (κ1) is 20.5. The number of carbonyl (C=O) groups excluding carboxylic acids is 3. The molecule has 0 bridgehead atoms. The van der Waals surface area contributed by atoms with E-state index in [2.05, 4.69) is 16.6 Å². The Morgan fingerprint density at radius 1 is 0.929 bits per heavy atom. The summed E-state index contributed by atoms with van der Waals surface area (Å²) in [6.07, 6.45) is 4.22. The van der Waals surface area contributed by atoms with Gasteiger partial charge in [-0.05, 0) is 11.1 Å². The van der Waals surface area contributed by atoms with Gasteiger partial charge in [-0.1, -0.05) is 66.6 Å². The highest BCUT2D eigenvalue weighted by Gasteiger charge is 2.29. The van der Waals surface area contributed by atoms with Gasteiger partial charge >= 0.3 is 12.1 Å². The summed E-state index contributed by atoms with van der Waals surface area (Å²) in [6.45, 7) is -0.232. The van der Waals surface area contributed by atoms with Crippen molar-refractivity contribution in [3.8, 4) is 12.3 Å². The molecule has 0 unspecified atom stereocenters. The van der Waals surface area contributed by atoms with Crippen molar-refractivity contribution in [1.82, 2.24) is 10.6 Å². The number of benzene rings is 2. The van der Waals surface area contributed by atoms with Gasteiger partial charge < -0.3 is 20.1 Å². The maximum absolute atomic E-state index is 12.9. The lowest BCUT2D eigenvalue weighted by Gasteiger charge is -2.22. The first-order valence-electron chi connectivity index (χ1n) is 8.41. The lowest BCUT2D eigenvalue weighted by molar-refractivity contribution is -0.145. The Bertz CT molecular complexity index is 846. The number of amides is 2. The van der Waals surface area contributed by atoms with Crippen LogP contribution in [0.15, 0.2) is 60.7 Å². The molecule has 0 aromatic heterocycles. The average molecular weight is 380 g/mol. The number of ether oxygens (including phenoxy) is 2. The molecule has 0 heterocycles. The molecule has 0 aliphatic heterocycles. The lowest BCUT2D eigenvalue weighted by atomic mass is 10.0. The van der Waals surface area contributed by atoms with Gasteiger partial charge in [-0.25, -0.2) is 9.59 Å². The van der Waals surface area contributed by atoms with E-state index in [1.54, 1.807) is 60.7 Å². The topological polar surface area (TPSA) is 93.7 Å². The van der Waals surface area contributed by atoms with E-state index in [0.29, 0.717) is 11.1 Å². The molecule has 0 aliphatic rings. The van der Waals surface area contributed by atoms with E-state index in [1.165, 1.54) is 7.11 Å². The van der Waals surface area contributed by atoms with Crippen molar-refractivity contribution in [2.45, 2.75) is 12.1 Å². The summed E-state index contributed by atoms with van der Waals surface area (Å²) in [5.74, 6) is 0.926. The minimum absolute atomic E-state index is 0.232. The van der Waals surface area contributed by atoms with Crippen molar-refractivity contribution in [3.63, 3.8) is 0 Å². The quantitative estimate of drug-likeness (QED) is 0.567. The van der Waals surface area contributed by atoms with E-state index in [9.17, 15) is 14.4 Å². The molecular formula is C21H20N2O5. The van der Waals surface area contributed by atoms with Crippen LogP contribution in [0.5, 0.6) is 0 Å². The fraction of sp³-hybridized carbons (Fsp3) is 0.190. The molecule has 7 nitrogen and oxygen atoms in total. The Kier molecular flexibility index (Phi) is 7.61. The van der Waals surface area contributed by atoms with Gasteiger partial charge in [0.15, 0.2) is 12.6 Å². The van der Waals surface area contributed by atoms with Gasteiger partial charge in [0.1, 0.15) is 6.04 Å². The fourth-order valence-electron chi connectivity index (χ4n) is 2.48. The molecule has 28 heavy (non-hydrogen) atoms. The summed E-state index contributed by atoms with van der Waals surface area (Å²) in [6, 6.07) is 15.1. The summed E-state index contributed by atoms with van der Waals surface area (Å²) in [4.78, 5) is 37.1. The normalized spacial score (nSPS) is 12.0. The molecule has 2 N–H and O–H groups in total. The van der Waals surface area contributed by atoms with Crippen molar-refractivity contribution >= 4 is 18.0 Å². The van der Waals surface area contributed by atoms with Crippen LogP contribution in [0.3, 0.4) is 0 Å². The predicted octanol–water partition coefficient (Wildman–Crippen LogP) is 2.12. The molecular weight excluding hydrogens is 360 g/mol. The molecule has 0 fully saturated rings. The maximum Gasteiger partial charge on any atom is 0.409 e. The molecule has 2 atom stereocenters. The van der Waals surface area contributed by atoms with Gasteiger partial charge in [0.25, 0.3) is 0 Å². The van der Waals surface area contributed by atoms with Crippen molar-refractivity contribution in [2.75, 3.05) is 13.7 Å². The number of hydrogen-bond donors (Lipinski definition) is 2. The molecule has 0 saturated heterocycles. The van der Waals surface area contributed by atoms with Gasteiger partial charge in [-0.2, -0.15) is 0 Å². The molecule has 7 heteroatoms. The van der Waals surface area contributed by atoms with E-state index in [0.717, 1.165) is 0 Å². The van der Waals surface area contributed by atoms with Gasteiger partial charge in [-0.15, -0.1) is 6.42 Å². The van der Waals surface area contributed by atoms with Crippen LogP contribution in [0.25, 0.3) is 0 Å². The average Bonchev–Trinajstić information content (AvgIpc) is 2.74. The zero-order valence-corrected chi connectivity index (χ0v) is 15.3. The standard InChI is InChI=1S/C21H20N2O5/c1-3-14-28-21(26)23-17(15-10-6-4-7-11-15)19(24)22-18(20(25)27-2)16-12-8-5-9-13-16/h1,4-13,17-18H,14H2,2H3,(H,22,24)(H,23,26)/t17-,18+/m1/s1. The first-order valence-corrected chi connectivity index (χ1v) is 8.41. The molecule has 2 amide bonds. The van der Waals surface area contributed by atoms with Crippen LogP contribution < -0.4 is 10.6 Å². The molecule has 0 radical (unpaired) electrons. The van der Waals surface area contributed by atoms with Crippen LogP contribution in [0.4, 0.5) is 4.79 Å². The van der Waals surface area contributed by atoms with Gasteiger partial charge in [0, 0.05) is 0 Å². The SMILES string of the molecule is C#CCOC(=O)N[C@@H](C(=O)N[C@H](C(=O)OC)c1ccccc1)c1ccccc1. The number of carbonyl (C=O) groups is 3. The zero-order chi connectivity index (χ0) is 20.4. The molecule has 0 aliphatic carbocycles. The molecule has 0 spiro atoms. The van der Waals surface area contributed by atoms with Crippen molar-refractivity contribution in [3.05, 3.63) is 71.8 Å². The van der Waals surface area contributed by atoms with Crippen LogP contribution in [-0.2, 0) is 19.1 Å². The summed E-state index contributed by atoms with van der Waals surface area (Å²) in [5, 5.41) is 5.08. The van der Waals surface area contributed by atoms with Crippen molar-refractivity contribution in [1.29, 1.82) is 0 Å². The Morgan fingerprint density at radius 3 is 1.96 bits per heavy atom. The summed E-state index contributed by atoms with van der Waals surface area (Å²) in [5.41, 5.74) is 1.05. The van der Waals surface area contributed by atoms with Crippen molar-refractivity contribution < 1.29 is 23.9 Å². The molecule has 0 saturated carbocycles. The Morgan fingerprint density at radius 2 is 1.46 bits per heavy atom. The van der Waals surface area contributed by atoms with E-state index in [-0.39, 0.29) is 6.61 Å². The second-order valence-corrected chi connectivity index (χ2v) is 5.64. The highest BCUT2D eigenvalue weighted by molar-refractivity contribution is 5.91. The Hall–Kier alpha value is -3.79.